The number of amides is 2. The van der Waals surface area contributed by atoms with E-state index in [1.807, 2.05) is 14.0 Å². The number of aliphatic carboxylic acids is 1. The molecule has 20 heavy (non-hydrogen) atoms. The summed E-state index contributed by atoms with van der Waals surface area (Å²) in [5.74, 6) is -0.442. The van der Waals surface area contributed by atoms with Gasteiger partial charge in [0.1, 0.15) is 0 Å². The van der Waals surface area contributed by atoms with Crippen LogP contribution in [0.3, 0.4) is 0 Å². The molecule has 1 heterocycles. The van der Waals surface area contributed by atoms with Gasteiger partial charge in [0.2, 0.25) is 0 Å². The Morgan fingerprint density at radius 3 is 2.60 bits per heavy atom. The minimum absolute atomic E-state index is 0.0256. The van der Waals surface area contributed by atoms with Gasteiger partial charge in [-0.1, -0.05) is 6.92 Å². The summed E-state index contributed by atoms with van der Waals surface area (Å²) in [5.41, 5.74) is 0. The third-order valence-electron chi connectivity index (χ3n) is 3.94. The average molecular weight is 285 g/mol. The molecule has 0 aromatic rings. The Balaban J connectivity index is 2.16. The van der Waals surface area contributed by atoms with Crippen LogP contribution in [0.4, 0.5) is 4.79 Å². The van der Waals surface area contributed by atoms with Gasteiger partial charge in [0.15, 0.2) is 0 Å². The van der Waals surface area contributed by atoms with E-state index in [1.54, 1.807) is 4.90 Å². The van der Waals surface area contributed by atoms with Gasteiger partial charge in [-0.05, 0) is 44.7 Å². The van der Waals surface area contributed by atoms with E-state index < -0.39 is 5.97 Å². The molecule has 1 aliphatic heterocycles. The molecule has 1 saturated heterocycles. The van der Waals surface area contributed by atoms with Gasteiger partial charge in [-0.15, -0.1) is 0 Å². The van der Waals surface area contributed by atoms with Crippen molar-refractivity contribution in [2.45, 2.75) is 45.1 Å². The van der Waals surface area contributed by atoms with Gasteiger partial charge in [-0.3, -0.25) is 4.79 Å². The number of nitrogens with one attached hydrogen (secondary N) is 2. The minimum atomic E-state index is -0.758. The maximum absolute atomic E-state index is 12.0. The highest BCUT2D eigenvalue weighted by Gasteiger charge is 2.21. The largest absolute Gasteiger partial charge is 0.481 e. The molecule has 116 valence electrons. The van der Waals surface area contributed by atoms with E-state index in [-0.39, 0.29) is 12.5 Å². The van der Waals surface area contributed by atoms with Crippen molar-refractivity contribution in [3.8, 4) is 0 Å². The number of rotatable bonds is 7. The van der Waals surface area contributed by atoms with Gasteiger partial charge in [-0.2, -0.15) is 0 Å². The lowest BCUT2D eigenvalue weighted by atomic mass is 10.0. The van der Waals surface area contributed by atoms with Crippen LogP contribution < -0.4 is 10.6 Å². The molecule has 0 aromatic carbocycles. The van der Waals surface area contributed by atoms with Crippen molar-refractivity contribution >= 4 is 12.0 Å². The predicted molar refractivity (Wildman–Crippen MR) is 77.7 cm³/mol. The summed E-state index contributed by atoms with van der Waals surface area (Å²) in [6.07, 6.45) is 3.68. The quantitative estimate of drug-likeness (QED) is 0.658. The van der Waals surface area contributed by atoms with Crippen molar-refractivity contribution in [2.24, 2.45) is 5.92 Å². The van der Waals surface area contributed by atoms with Crippen LogP contribution in [-0.2, 0) is 4.79 Å². The molecule has 0 aromatic heterocycles. The highest BCUT2D eigenvalue weighted by atomic mass is 16.4. The number of hydrogen-bond donors (Lipinski definition) is 3. The van der Waals surface area contributed by atoms with Gasteiger partial charge >= 0.3 is 12.0 Å². The summed E-state index contributed by atoms with van der Waals surface area (Å²) in [7, 11) is 1.85. The van der Waals surface area contributed by atoms with E-state index in [1.165, 1.54) is 0 Å². The minimum Gasteiger partial charge on any atom is -0.481 e. The average Bonchev–Trinajstić information content (AvgIpc) is 2.45. The summed E-state index contributed by atoms with van der Waals surface area (Å²) in [5, 5.41) is 14.8. The van der Waals surface area contributed by atoms with Crippen LogP contribution in [0.2, 0.25) is 0 Å². The molecule has 1 rings (SSSR count). The predicted octanol–water partition coefficient (Wildman–Crippen LogP) is 1.27. The first-order valence-electron chi connectivity index (χ1n) is 7.44. The molecule has 1 aliphatic rings. The SMILES string of the molecule is CC(CCNC(=O)N(C)C1CCNCC1)CCC(=O)O. The van der Waals surface area contributed by atoms with E-state index >= 15 is 0 Å². The molecule has 6 heteroatoms. The first-order valence-corrected chi connectivity index (χ1v) is 7.44. The van der Waals surface area contributed by atoms with E-state index in [4.69, 9.17) is 5.11 Å². The van der Waals surface area contributed by atoms with Gasteiger partial charge in [0, 0.05) is 26.1 Å². The second kappa shape index (κ2) is 8.79. The maximum atomic E-state index is 12.0. The Morgan fingerprint density at radius 1 is 1.35 bits per heavy atom. The zero-order valence-corrected chi connectivity index (χ0v) is 12.5. The molecule has 0 aliphatic carbocycles. The third-order valence-corrected chi connectivity index (χ3v) is 3.94. The summed E-state index contributed by atoms with van der Waals surface area (Å²) >= 11 is 0. The molecule has 0 saturated carbocycles. The summed E-state index contributed by atoms with van der Waals surface area (Å²) in [4.78, 5) is 24.3. The van der Waals surface area contributed by atoms with Crippen molar-refractivity contribution < 1.29 is 14.7 Å². The van der Waals surface area contributed by atoms with Crippen LogP contribution in [0.25, 0.3) is 0 Å². The molecular formula is C14H27N3O3. The van der Waals surface area contributed by atoms with Crippen LogP contribution in [0.1, 0.15) is 39.0 Å². The Labute approximate surface area is 120 Å². The molecule has 1 unspecified atom stereocenters. The maximum Gasteiger partial charge on any atom is 0.317 e. The number of carboxylic acids is 1. The second-order valence-corrected chi connectivity index (χ2v) is 5.65. The zero-order valence-electron chi connectivity index (χ0n) is 12.5. The van der Waals surface area contributed by atoms with Crippen LogP contribution in [0.15, 0.2) is 0 Å². The van der Waals surface area contributed by atoms with E-state index in [9.17, 15) is 9.59 Å². The molecule has 1 atom stereocenters. The number of carboxylic acid groups (broad SMARTS) is 1. The van der Waals surface area contributed by atoms with Crippen LogP contribution in [-0.4, -0.2) is 54.7 Å². The Morgan fingerprint density at radius 2 is 2.00 bits per heavy atom. The number of carbonyl (C=O) groups is 2. The van der Waals surface area contributed by atoms with Gasteiger partial charge in [0.05, 0.1) is 0 Å². The highest BCUT2D eigenvalue weighted by molar-refractivity contribution is 5.74. The van der Waals surface area contributed by atoms with Crippen LogP contribution >= 0.6 is 0 Å². The van der Waals surface area contributed by atoms with Crippen LogP contribution in [0, 0.1) is 5.92 Å². The molecule has 2 amide bonds. The smallest absolute Gasteiger partial charge is 0.317 e. The number of urea groups is 1. The lowest BCUT2D eigenvalue weighted by Gasteiger charge is -2.31. The Hall–Kier alpha value is -1.30. The van der Waals surface area contributed by atoms with E-state index in [2.05, 4.69) is 10.6 Å². The standard InChI is InChI=1S/C14H27N3O3/c1-11(3-4-13(18)19)5-10-16-14(20)17(2)12-6-8-15-9-7-12/h11-12,15H,3-10H2,1-2H3,(H,16,20)(H,18,19). The molecule has 6 nitrogen and oxygen atoms in total. The first-order chi connectivity index (χ1) is 9.50. The zero-order chi connectivity index (χ0) is 15.0. The lowest BCUT2D eigenvalue weighted by Crippen LogP contribution is -2.48. The fourth-order valence-electron chi connectivity index (χ4n) is 2.42. The summed E-state index contributed by atoms with van der Waals surface area (Å²) < 4.78 is 0. The van der Waals surface area contributed by atoms with Crippen molar-refractivity contribution in [3.63, 3.8) is 0 Å². The number of hydrogen-bond acceptors (Lipinski definition) is 3. The van der Waals surface area contributed by atoms with E-state index in [0.717, 1.165) is 32.4 Å². The summed E-state index contributed by atoms with van der Waals surface area (Å²) in [6.45, 7) is 4.56. The Bertz CT molecular complexity index is 317. The highest BCUT2D eigenvalue weighted by Crippen LogP contribution is 2.11. The fraction of sp³-hybridized carbons (Fsp3) is 0.857. The first kappa shape index (κ1) is 16.8. The second-order valence-electron chi connectivity index (χ2n) is 5.65. The molecule has 0 spiro atoms. The van der Waals surface area contributed by atoms with Crippen molar-refractivity contribution in [1.82, 2.24) is 15.5 Å². The molecule has 0 bridgehead atoms. The van der Waals surface area contributed by atoms with Gasteiger partial charge < -0.3 is 20.6 Å². The Kier molecular flexibility index (Phi) is 7.36. The number of nitrogens with zero attached hydrogens (tertiary/aromatic N) is 1. The lowest BCUT2D eigenvalue weighted by molar-refractivity contribution is -0.137. The number of carbonyl (C=O) groups excluding carboxylic acids is 1. The topological polar surface area (TPSA) is 81.7 Å². The molecular weight excluding hydrogens is 258 g/mol. The molecule has 3 N–H and O–H groups in total. The van der Waals surface area contributed by atoms with Crippen molar-refractivity contribution in [3.05, 3.63) is 0 Å². The number of piperidine rings is 1. The van der Waals surface area contributed by atoms with Gasteiger partial charge in [0.25, 0.3) is 0 Å². The third kappa shape index (κ3) is 6.23. The monoisotopic (exact) mass is 285 g/mol. The summed E-state index contributed by atoms with van der Waals surface area (Å²) in [6, 6.07) is 0.294. The normalized spacial score (nSPS) is 17.5. The molecule has 0 radical (unpaired) electrons. The molecule has 1 fully saturated rings. The van der Waals surface area contributed by atoms with Crippen molar-refractivity contribution in [2.75, 3.05) is 26.7 Å². The fourth-order valence-corrected chi connectivity index (χ4v) is 2.42. The van der Waals surface area contributed by atoms with Crippen LogP contribution in [0.5, 0.6) is 0 Å². The van der Waals surface area contributed by atoms with Crippen molar-refractivity contribution in [1.29, 1.82) is 0 Å². The van der Waals surface area contributed by atoms with Gasteiger partial charge in [-0.25, -0.2) is 4.79 Å². The van der Waals surface area contributed by atoms with E-state index in [0.29, 0.717) is 24.9 Å².